The number of pyridine rings is 1. The molecule has 1 aliphatic rings. The highest BCUT2D eigenvalue weighted by Gasteiger charge is 2.30. The highest BCUT2D eigenvalue weighted by atomic mass is 16.5. The molecule has 8 heteroatoms. The number of benzene rings is 1. The van der Waals surface area contributed by atoms with E-state index in [0.717, 1.165) is 48.1 Å². The van der Waals surface area contributed by atoms with Crippen LogP contribution in [0.5, 0.6) is 5.75 Å². The van der Waals surface area contributed by atoms with Gasteiger partial charge in [0, 0.05) is 24.5 Å². The van der Waals surface area contributed by atoms with Crippen molar-refractivity contribution >= 4 is 16.9 Å². The molecule has 184 valence electrons. The van der Waals surface area contributed by atoms with Crippen molar-refractivity contribution in [2.45, 2.75) is 38.2 Å². The summed E-state index contributed by atoms with van der Waals surface area (Å²) in [5.41, 5.74) is 1.66. The number of aromatic nitrogens is 2. The molecule has 2 aromatic heterocycles. The number of aliphatic carboxylic acids is 1. The first kappa shape index (κ1) is 24.7. The van der Waals surface area contributed by atoms with Gasteiger partial charge in [-0.05, 0) is 79.8 Å². The van der Waals surface area contributed by atoms with Crippen LogP contribution in [0.2, 0.25) is 0 Å². The zero-order valence-electron chi connectivity index (χ0n) is 19.9. The molecule has 35 heavy (non-hydrogen) atoms. The average molecular weight is 478 g/mol. The van der Waals surface area contributed by atoms with E-state index in [9.17, 15) is 15.0 Å². The zero-order valence-corrected chi connectivity index (χ0v) is 19.9. The van der Waals surface area contributed by atoms with Crippen molar-refractivity contribution in [3.8, 4) is 17.6 Å². The first-order chi connectivity index (χ1) is 17.0. The Hall–Kier alpha value is -3.41. The van der Waals surface area contributed by atoms with E-state index in [0.29, 0.717) is 31.2 Å². The fraction of sp³-hybridized carbons (Fsp3) is 0.444. The van der Waals surface area contributed by atoms with Gasteiger partial charge in [0.05, 0.1) is 31.5 Å². The van der Waals surface area contributed by atoms with Crippen LogP contribution in [0, 0.1) is 23.7 Å². The lowest BCUT2D eigenvalue weighted by atomic mass is 9.79. The van der Waals surface area contributed by atoms with Crippen molar-refractivity contribution in [3.63, 3.8) is 0 Å². The number of methoxy groups -OCH3 is 1. The standard InChI is InChI=1S/C27H31N3O5/c1-34-21-6-7-24-23(17-21)22(10-12-28-24)25(31)8-4-19-11-15-30(18-20(19)5-9-27(32)33)14-2-3-26-29-13-16-35-26/h6-7,10,12-13,16-17,19-20,25,31H,4-5,8-9,11,14-15,18H2,1H3,(H,32,33)/t19?,20?,25-/m0/s1. The molecular formula is C27H31N3O5. The number of hydrogen-bond donors (Lipinski definition) is 2. The van der Waals surface area contributed by atoms with Crippen LogP contribution < -0.4 is 4.74 Å². The quantitative estimate of drug-likeness (QED) is 0.447. The molecule has 0 saturated carbocycles. The summed E-state index contributed by atoms with van der Waals surface area (Å²) in [4.78, 5) is 21.9. The Kier molecular flexibility index (Phi) is 8.35. The molecule has 3 aromatic rings. The number of nitrogens with zero attached hydrogens (tertiary/aromatic N) is 3. The number of rotatable bonds is 9. The lowest BCUT2D eigenvalue weighted by Crippen LogP contribution is -2.41. The van der Waals surface area contributed by atoms with Crippen LogP contribution in [-0.2, 0) is 4.79 Å². The molecule has 0 bridgehead atoms. The van der Waals surface area contributed by atoms with Gasteiger partial charge in [0.25, 0.3) is 5.89 Å². The molecule has 3 heterocycles. The number of carbonyl (C=O) groups is 1. The smallest absolute Gasteiger partial charge is 0.303 e. The molecule has 2 unspecified atom stereocenters. The van der Waals surface area contributed by atoms with Crippen molar-refractivity contribution in [1.82, 2.24) is 14.9 Å². The first-order valence-corrected chi connectivity index (χ1v) is 12.0. The van der Waals surface area contributed by atoms with Gasteiger partial charge in [-0.1, -0.05) is 5.92 Å². The second-order valence-corrected chi connectivity index (χ2v) is 8.99. The van der Waals surface area contributed by atoms with E-state index in [4.69, 9.17) is 9.15 Å². The number of aliphatic hydroxyl groups excluding tert-OH is 1. The van der Waals surface area contributed by atoms with E-state index >= 15 is 0 Å². The van der Waals surface area contributed by atoms with Gasteiger partial charge in [0.15, 0.2) is 0 Å². The van der Waals surface area contributed by atoms with Crippen molar-refractivity contribution < 1.29 is 24.2 Å². The molecule has 0 aliphatic carbocycles. The zero-order chi connectivity index (χ0) is 24.6. The minimum Gasteiger partial charge on any atom is -0.497 e. The van der Waals surface area contributed by atoms with Gasteiger partial charge in [0.1, 0.15) is 12.0 Å². The molecule has 4 rings (SSSR count). The molecule has 1 saturated heterocycles. The Morgan fingerprint density at radius 2 is 2.14 bits per heavy atom. The number of oxazole rings is 1. The number of carboxylic acids is 1. The molecule has 0 amide bonds. The summed E-state index contributed by atoms with van der Waals surface area (Å²) in [6, 6.07) is 7.53. The Labute approximate surface area is 204 Å². The summed E-state index contributed by atoms with van der Waals surface area (Å²) < 4.78 is 10.5. The highest BCUT2D eigenvalue weighted by molar-refractivity contribution is 5.83. The number of ether oxygens (including phenoxy) is 1. The first-order valence-electron chi connectivity index (χ1n) is 12.0. The van der Waals surface area contributed by atoms with Gasteiger partial charge in [0.2, 0.25) is 0 Å². The summed E-state index contributed by atoms with van der Waals surface area (Å²) in [6.07, 6.45) is 7.31. The number of carboxylic acid groups (broad SMARTS) is 1. The number of fused-ring (bicyclic) bond motifs is 1. The maximum Gasteiger partial charge on any atom is 0.303 e. The van der Waals surface area contributed by atoms with Gasteiger partial charge in [-0.25, -0.2) is 4.98 Å². The third-order valence-electron chi connectivity index (χ3n) is 6.79. The van der Waals surface area contributed by atoms with Crippen LogP contribution in [0.25, 0.3) is 10.9 Å². The largest absolute Gasteiger partial charge is 0.497 e. The SMILES string of the molecule is COc1ccc2nccc([C@@H](O)CCC3CCN(CC#Cc4ncco4)CC3CCC(=O)O)c2c1. The Balaban J connectivity index is 1.39. The van der Waals surface area contributed by atoms with Gasteiger partial charge in [-0.2, -0.15) is 0 Å². The molecule has 1 aliphatic heterocycles. The van der Waals surface area contributed by atoms with Crippen LogP contribution in [-0.4, -0.2) is 57.8 Å². The van der Waals surface area contributed by atoms with E-state index < -0.39 is 12.1 Å². The minimum absolute atomic E-state index is 0.147. The molecular weight excluding hydrogens is 446 g/mol. The van der Waals surface area contributed by atoms with E-state index in [2.05, 4.69) is 26.7 Å². The molecule has 3 atom stereocenters. The van der Waals surface area contributed by atoms with E-state index in [1.165, 1.54) is 6.26 Å². The second-order valence-electron chi connectivity index (χ2n) is 8.99. The summed E-state index contributed by atoms with van der Waals surface area (Å²) in [5, 5.41) is 21.2. The maximum absolute atomic E-state index is 11.3. The van der Waals surface area contributed by atoms with E-state index in [-0.39, 0.29) is 12.3 Å². The number of aliphatic hydroxyl groups is 1. The van der Waals surface area contributed by atoms with Gasteiger partial charge < -0.3 is 19.4 Å². The summed E-state index contributed by atoms with van der Waals surface area (Å²) in [7, 11) is 1.62. The van der Waals surface area contributed by atoms with Crippen molar-refractivity contribution in [2.24, 2.45) is 11.8 Å². The maximum atomic E-state index is 11.3. The summed E-state index contributed by atoms with van der Waals surface area (Å²) in [5.74, 6) is 6.96. The van der Waals surface area contributed by atoms with Crippen LogP contribution in [0.3, 0.4) is 0 Å². The molecule has 1 fully saturated rings. The Bertz CT molecular complexity index is 1180. The van der Waals surface area contributed by atoms with Crippen molar-refractivity contribution in [1.29, 1.82) is 0 Å². The molecule has 8 nitrogen and oxygen atoms in total. The molecule has 1 aromatic carbocycles. The second kappa shape index (κ2) is 11.8. The predicted molar refractivity (Wildman–Crippen MR) is 131 cm³/mol. The van der Waals surface area contributed by atoms with Crippen LogP contribution >= 0.6 is 0 Å². The lowest BCUT2D eigenvalue weighted by Gasteiger charge is -2.38. The monoisotopic (exact) mass is 477 g/mol. The fourth-order valence-corrected chi connectivity index (χ4v) is 4.92. The number of hydrogen-bond acceptors (Lipinski definition) is 7. The third kappa shape index (κ3) is 6.59. The van der Waals surface area contributed by atoms with Gasteiger partial charge >= 0.3 is 5.97 Å². The molecule has 0 radical (unpaired) electrons. The van der Waals surface area contributed by atoms with E-state index in [1.54, 1.807) is 19.5 Å². The van der Waals surface area contributed by atoms with Gasteiger partial charge in [-0.3, -0.25) is 14.7 Å². The summed E-state index contributed by atoms with van der Waals surface area (Å²) >= 11 is 0. The van der Waals surface area contributed by atoms with Crippen molar-refractivity contribution in [3.05, 3.63) is 54.4 Å². The minimum atomic E-state index is -0.776. The number of piperidine rings is 1. The Morgan fingerprint density at radius 1 is 1.26 bits per heavy atom. The molecule has 2 N–H and O–H groups in total. The molecule has 0 spiro atoms. The fourth-order valence-electron chi connectivity index (χ4n) is 4.92. The Morgan fingerprint density at radius 3 is 2.91 bits per heavy atom. The summed E-state index contributed by atoms with van der Waals surface area (Å²) in [6.45, 7) is 2.27. The lowest BCUT2D eigenvalue weighted by molar-refractivity contribution is -0.137. The third-order valence-corrected chi connectivity index (χ3v) is 6.79. The van der Waals surface area contributed by atoms with E-state index in [1.807, 2.05) is 24.3 Å². The predicted octanol–water partition coefficient (Wildman–Crippen LogP) is 3.90. The van der Waals surface area contributed by atoms with Crippen molar-refractivity contribution in [2.75, 3.05) is 26.7 Å². The van der Waals surface area contributed by atoms with Gasteiger partial charge in [-0.15, -0.1) is 0 Å². The topological polar surface area (TPSA) is 109 Å². The normalized spacial score (nSPS) is 19.1. The van der Waals surface area contributed by atoms with Crippen LogP contribution in [0.15, 0.2) is 47.3 Å². The van der Waals surface area contributed by atoms with Crippen LogP contribution in [0.1, 0.15) is 49.7 Å². The average Bonchev–Trinajstić information content (AvgIpc) is 3.39. The number of likely N-dealkylation sites (tertiary alicyclic amines) is 1. The highest BCUT2D eigenvalue weighted by Crippen LogP contribution is 2.35. The van der Waals surface area contributed by atoms with Crippen LogP contribution in [0.4, 0.5) is 0 Å².